The van der Waals surface area contributed by atoms with Crippen LogP contribution in [-0.4, -0.2) is 70.9 Å². The summed E-state index contributed by atoms with van der Waals surface area (Å²) in [6.07, 6.45) is 5.54. The molecule has 3 N–H and O–H groups in total. The molecule has 1 amide bonds. The molecule has 0 atom stereocenters. The number of nitrogens with zero attached hydrogens (tertiary/aromatic N) is 5. The summed E-state index contributed by atoms with van der Waals surface area (Å²) in [4.78, 5) is 18.1. The van der Waals surface area contributed by atoms with Gasteiger partial charge in [-0.05, 0) is 86.7 Å². The molecule has 0 aliphatic carbocycles. The SMILES string of the molecule is NC(=O)CN1CCC(c2ccc(Nc3ncc4ccc(-c5cccc(S(=O)(=O)N6CCCC6)c5)n4n3)cc2)CC1. The lowest BCUT2D eigenvalue weighted by Gasteiger charge is -2.31. The molecule has 2 saturated heterocycles. The van der Waals surface area contributed by atoms with Crippen LogP contribution in [0.15, 0.2) is 71.8 Å². The van der Waals surface area contributed by atoms with E-state index in [0.717, 1.165) is 61.2 Å². The lowest BCUT2D eigenvalue weighted by molar-refractivity contribution is -0.119. The normalized spacial score (nSPS) is 17.4. The lowest BCUT2D eigenvalue weighted by Crippen LogP contribution is -2.39. The largest absolute Gasteiger partial charge is 0.369 e. The molecular formula is C29H33N7O3S. The van der Waals surface area contributed by atoms with E-state index in [9.17, 15) is 13.2 Å². The van der Waals surface area contributed by atoms with Gasteiger partial charge in [0, 0.05) is 24.3 Å². The Morgan fingerprint density at radius 1 is 0.975 bits per heavy atom. The van der Waals surface area contributed by atoms with Crippen molar-refractivity contribution in [3.63, 3.8) is 0 Å². The summed E-state index contributed by atoms with van der Waals surface area (Å²) in [5.41, 5.74) is 9.86. The van der Waals surface area contributed by atoms with Gasteiger partial charge in [0.25, 0.3) is 0 Å². The zero-order valence-corrected chi connectivity index (χ0v) is 23.1. The van der Waals surface area contributed by atoms with Crippen LogP contribution in [0.2, 0.25) is 0 Å². The third-order valence-electron chi connectivity index (χ3n) is 7.84. The fourth-order valence-corrected chi connectivity index (χ4v) is 7.25. The number of anilines is 2. The van der Waals surface area contributed by atoms with Crippen LogP contribution in [0.5, 0.6) is 0 Å². The van der Waals surface area contributed by atoms with E-state index < -0.39 is 10.0 Å². The maximum absolute atomic E-state index is 13.1. The molecule has 2 aromatic heterocycles. The van der Waals surface area contributed by atoms with Gasteiger partial charge in [-0.2, -0.15) is 4.31 Å². The van der Waals surface area contributed by atoms with E-state index in [1.807, 2.05) is 30.3 Å². The van der Waals surface area contributed by atoms with Gasteiger partial charge in [-0.3, -0.25) is 9.69 Å². The number of amides is 1. The zero-order chi connectivity index (χ0) is 27.7. The molecule has 0 radical (unpaired) electrons. The fourth-order valence-electron chi connectivity index (χ4n) is 5.68. The van der Waals surface area contributed by atoms with Crippen molar-refractivity contribution in [3.05, 3.63) is 72.4 Å². The highest BCUT2D eigenvalue weighted by atomic mass is 32.2. The Hall–Kier alpha value is -3.80. The summed E-state index contributed by atoms with van der Waals surface area (Å²) >= 11 is 0. The molecule has 4 heterocycles. The summed E-state index contributed by atoms with van der Waals surface area (Å²) < 4.78 is 29.6. The Balaban J connectivity index is 1.18. The highest BCUT2D eigenvalue weighted by molar-refractivity contribution is 7.89. The van der Waals surface area contributed by atoms with Crippen LogP contribution >= 0.6 is 0 Å². The first kappa shape index (κ1) is 26.4. The van der Waals surface area contributed by atoms with Crippen molar-refractivity contribution in [2.45, 2.75) is 36.5 Å². The summed E-state index contributed by atoms with van der Waals surface area (Å²) in [5, 5.41) is 8.00. The molecule has 4 aromatic rings. The second-order valence-electron chi connectivity index (χ2n) is 10.5. The van der Waals surface area contributed by atoms with Gasteiger partial charge in [0.1, 0.15) is 0 Å². The maximum Gasteiger partial charge on any atom is 0.245 e. The quantitative estimate of drug-likeness (QED) is 0.338. The van der Waals surface area contributed by atoms with Crippen molar-refractivity contribution in [3.8, 4) is 11.3 Å². The Labute approximate surface area is 233 Å². The molecule has 0 spiro atoms. The molecule has 0 bridgehead atoms. The van der Waals surface area contributed by atoms with Crippen LogP contribution in [0.4, 0.5) is 11.6 Å². The molecule has 11 heteroatoms. The first-order valence-electron chi connectivity index (χ1n) is 13.7. The highest BCUT2D eigenvalue weighted by Gasteiger charge is 2.27. The number of likely N-dealkylation sites (tertiary alicyclic amines) is 1. The molecule has 208 valence electrons. The molecule has 6 rings (SSSR count). The average Bonchev–Trinajstić information content (AvgIpc) is 3.65. The number of primary amides is 1. The third-order valence-corrected chi connectivity index (χ3v) is 9.73. The van der Waals surface area contributed by atoms with Crippen LogP contribution in [0, 0.1) is 0 Å². The summed E-state index contributed by atoms with van der Waals surface area (Å²) in [6, 6.07) is 19.2. The monoisotopic (exact) mass is 559 g/mol. The van der Waals surface area contributed by atoms with E-state index in [-0.39, 0.29) is 5.91 Å². The highest BCUT2D eigenvalue weighted by Crippen LogP contribution is 2.30. The van der Waals surface area contributed by atoms with Gasteiger partial charge in [0.2, 0.25) is 21.9 Å². The first-order valence-corrected chi connectivity index (χ1v) is 15.1. The molecule has 2 aliphatic heterocycles. The summed E-state index contributed by atoms with van der Waals surface area (Å²) in [5.74, 6) is 0.622. The topological polar surface area (TPSA) is 126 Å². The van der Waals surface area contributed by atoms with Crippen molar-refractivity contribution in [2.75, 3.05) is 38.0 Å². The van der Waals surface area contributed by atoms with Crippen molar-refractivity contribution >= 4 is 33.1 Å². The molecular weight excluding hydrogens is 526 g/mol. The van der Waals surface area contributed by atoms with Crippen molar-refractivity contribution in [1.29, 1.82) is 0 Å². The number of hydrogen-bond donors (Lipinski definition) is 2. The summed E-state index contributed by atoms with van der Waals surface area (Å²) in [6.45, 7) is 3.20. The molecule has 2 aromatic carbocycles. The number of rotatable bonds is 8. The first-order chi connectivity index (χ1) is 19.4. The number of nitrogens with one attached hydrogen (secondary N) is 1. The van der Waals surface area contributed by atoms with E-state index in [1.54, 1.807) is 33.2 Å². The Bertz CT molecular complexity index is 1620. The van der Waals surface area contributed by atoms with Gasteiger partial charge in [0.15, 0.2) is 0 Å². The molecule has 2 aliphatic rings. The second kappa shape index (κ2) is 11.0. The van der Waals surface area contributed by atoms with Gasteiger partial charge in [-0.25, -0.2) is 17.9 Å². The van der Waals surface area contributed by atoms with E-state index in [2.05, 4.69) is 27.3 Å². The summed E-state index contributed by atoms with van der Waals surface area (Å²) in [7, 11) is -3.52. The minimum Gasteiger partial charge on any atom is -0.369 e. The molecule has 10 nitrogen and oxygen atoms in total. The van der Waals surface area contributed by atoms with Crippen LogP contribution < -0.4 is 11.1 Å². The van der Waals surface area contributed by atoms with Gasteiger partial charge in [0.05, 0.1) is 28.8 Å². The van der Waals surface area contributed by atoms with Crippen LogP contribution in [-0.2, 0) is 14.8 Å². The fraction of sp³-hybridized carbons (Fsp3) is 0.345. The number of sulfonamides is 1. The maximum atomic E-state index is 13.1. The van der Waals surface area contributed by atoms with Gasteiger partial charge in [-0.1, -0.05) is 24.3 Å². The molecule has 40 heavy (non-hydrogen) atoms. The van der Waals surface area contributed by atoms with Crippen molar-refractivity contribution in [2.24, 2.45) is 5.73 Å². The van der Waals surface area contributed by atoms with Gasteiger partial charge in [-0.15, -0.1) is 5.10 Å². The number of benzene rings is 2. The van der Waals surface area contributed by atoms with E-state index in [4.69, 9.17) is 10.8 Å². The zero-order valence-electron chi connectivity index (χ0n) is 22.2. The van der Waals surface area contributed by atoms with E-state index >= 15 is 0 Å². The standard InChI is InChI=1S/C29H33N7O3S/c30-28(37)20-34-16-12-22(13-17-34)21-6-8-24(9-7-21)32-29-31-19-25-10-11-27(36(25)33-29)23-4-3-5-26(18-23)40(38,39)35-14-1-2-15-35/h3-11,18-19,22H,1-2,12-17,20H2,(H2,30,37)(H,32,33). The molecule has 2 fully saturated rings. The number of carbonyl (C=O) groups excluding carboxylic acids is 1. The van der Waals surface area contributed by atoms with Crippen LogP contribution in [0.1, 0.15) is 37.2 Å². The number of fused-ring (bicyclic) bond motifs is 1. The average molecular weight is 560 g/mol. The number of carbonyl (C=O) groups is 1. The minimum atomic E-state index is -3.52. The van der Waals surface area contributed by atoms with Crippen molar-refractivity contribution < 1.29 is 13.2 Å². The van der Waals surface area contributed by atoms with E-state index in [1.165, 1.54) is 5.56 Å². The third kappa shape index (κ3) is 5.45. The minimum absolute atomic E-state index is 0.278. The predicted molar refractivity (Wildman–Crippen MR) is 154 cm³/mol. The smallest absolute Gasteiger partial charge is 0.245 e. The van der Waals surface area contributed by atoms with Crippen LogP contribution in [0.25, 0.3) is 16.8 Å². The number of nitrogens with two attached hydrogens (primary N) is 1. The Morgan fingerprint density at radius 3 is 2.45 bits per heavy atom. The molecule has 0 unspecified atom stereocenters. The predicted octanol–water partition coefficient (Wildman–Crippen LogP) is 3.59. The lowest BCUT2D eigenvalue weighted by atomic mass is 9.89. The number of hydrogen-bond acceptors (Lipinski definition) is 7. The van der Waals surface area contributed by atoms with E-state index in [0.29, 0.717) is 36.4 Å². The van der Waals surface area contributed by atoms with Gasteiger partial charge >= 0.3 is 0 Å². The van der Waals surface area contributed by atoms with Gasteiger partial charge < -0.3 is 11.1 Å². The van der Waals surface area contributed by atoms with Crippen molar-refractivity contribution in [1.82, 2.24) is 23.8 Å². The Morgan fingerprint density at radius 2 is 1.73 bits per heavy atom. The number of piperidine rings is 1. The second-order valence-corrected chi connectivity index (χ2v) is 12.5. The molecule has 0 saturated carbocycles. The Kier molecular flexibility index (Phi) is 7.26. The number of aromatic nitrogens is 3. The van der Waals surface area contributed by atoms with Crippen LogP contribution in [0.3, 0.4) is 0 Å².